The van der Waals surface area contributed by atoms with E-state index in [0.717, 1.165) is 10.9 Å². The van der Waals surface area contributed by atoms with Gasteiger partial charge in [-0.1, -0.05) is 18.2 Å². The number of carbonyl (C=O) groups is 2. The molecule has 2 heterocycles. The molecule has 2 N–H and O–H groups in total. The third-order valence-electron chi connectivity index (χ3n) is 3.50. The number of fused-ring (bicyclic) bond motifs is 1. The molecule has 0 atom stereocenters. The van der Waals surface area contributed by atoms with E-state index in [1.54, 1.807) is 6.20 Å². The first-order valence-corrected chi connectivity index (χ1v) is 6.90. The highest BCUT2D eigenvalue weighted by Crippen LogP contribution is 2.19. The number of aryl methyl sites for hydroxylation is 1. The molecule has 0 radical (unpaired) electrons. The Morgan fingerprint density at radius 1 is 1.04 bits per heavy atom. The summed E-state index contributed by atoms with van der Waals surface area (Å²) in [6.07, 6.45) is 4.12. The Labute approximate surface area is 131 Å². The summed E-state index contributed by atoms with van der Waals surface area (Å²) in [5.74, 6) is -0.913. The van der Waals surface area contributed by atoms with Crippen LogP contribution in [-0.2, 0) is 7.05 Å². The minimum atomic E-state index is -0.501. The van der Waals surface area contributed by atoms with Crippen molar-refractivity contribution < 1.29 is 14.3 Å². The van der Waals surface area contributed by atoms with Crippen molar-refractivity contribution >= 4 is 22.7 Å². The van der Waals surface area contributed by atoms with Gasteiger partial charge in [0.25, 0.3) is 11.8 Å². The van der Waals surface area contributed by atoms with E-state index in [1.165, 1.54) is 24.5 Å². The standard InChI is InChI=1S/C16H14N4O3/c1-19-10-13(12-4-2-3-5-14(12)19)16(22)18-17-15(21)11-6-8-20(23)9-7-11/h2-10H,1H3,(H,17,21)(H,18,22). The van der Waals surface area contributed by atoms with Crippen LogP contribution in [0.2, 0.25) is 0 Å². The predicted octanol–water partition coefficient (Wildman–Crippen LogP) is 0.886. The predicted molar refractivity (Wildman–Crippen MR) is 83.3 cm³/mol. The molecule has 2 aromatic heterocycles. The molecule has 0 aliphatic heterocycles. The number of para-hydroxylation sites is 1. The lowest BCUT2D eigenvalue weighted by Gasteiger charge is -2.06. The lowest BCUT2D eigenvalue weighted by atomic mass is 10.2. The molecule has 2 amide bonds. The van der Waals surface area contributed by atoms with E-state index < -0.39 is 11.8 Å². The van der Waals surface area contributed by atoms with Gasteiger partial charge in [-0.15, -0.1) is 0 Å². The quantitative estimate of drug-likeness (QED) is 0.418. The highest BCUT2D eigenvalue weighted by Gasteiger charge is 2.14. The van der Waals surface area contributed by atoms with Gasteiger partial charge >= 0.3 is 0 Å². The van der Waals surface area contributed by atoms with Gasteiger partial charge in [-0.05, 0) is 6.07 Å². The number of rotatable bonds is 2. The Morgan fingerprint density at radius 2 is 1.70 bits per heavy atom. The molecule has 0 bridgehead atoms. The lowest BCUT2D eigenvalue weighted by Crippen LogP contribution is -2.41. The van der Waals surface area contributed by atoms with Crippen LogP contribution < -0.4 is 15.6 Å². The normalized spacial score (nSPS) is 10.5. The van der Waals surface area contributed by atoms with Gasteiger partial charge in [0.1, 0.15) is 0 Å². The molecule has 1 aromatic carbocycles. The maximum atomic E-state index is 12.3. The Balaban J connectivity index is 1.74. The maximum absolute atomic E-state index is 12.3. The SMILES string of the molecule is Cn1cc(C(=O)NNC(=O)c2cc[n+]([O-])cc2)c2ccccc21. The molecule has 3 rings (SSSR count). The summed E-state index contributed by atoms with van der Waals surface area (Å²) >= 11 is 0. The van der Waals surface area contributed by atoms with Crippen molar-refractivity contribution in [2.75, 3.05) is 0 Å². The summed E-state index contributed by atoms with van der Waals surface area (Å²) < 4.78 is 2.42. The summed E-state index contributed by atoms with van der Waals surface area (Å²) in [4.78, 5) is 24.2. The summed E-state index contributed by atoms with van der Waals surface area (Å²) in [5, 5.41) is 11.7. The van der Waals surface area contributed by atoms with Gasteiger partial charge < -0.3 is 9.77 Å². The van der Waals surface area contributed by atoms with Gasteiger partial charge in [0, 0.05) is 36.3 Å². The fourth-order valence-corrected chi connectivity index (χ4v) is 2.34. The zero-order valence-corrected chi connectivity index (χ0v) is 12.3. The summed E-state index contributed by atoms with van der Waals surface area (Å²) in [5.41, 5.74) is 6.38. The van der Waals surface area contributed by atoms with Crippen LogP contribution in [0.3, 0.4) is 0 Å². The zero-order valence-electron chi connectivity index (χ0n) is 12.3. The summed E-state index contributed by atoms with van der Waals surface area (Å²) in [6.45, 7) is 0. The molecule has 0 fully saturated rings. The van der Waals surface area contributed by atoms with Gasteiger partial charge in [-0.25, -0.2) is 0 Å². The number of hydrogen-bond acceptors (Lipinski definition) is 3. The van der Waals surface area contributed by atoms with Gasteiger partial charge in [0.15, 0.2) is 12.4 Å². The second kappa shape index (κ2) is 5.80. The van der Waals surface area contributed by atoms with Crippen molar-refractivity contribution in [2.24, 2.45) is 7.05 Å². The molecule has 7 heteroatoms. The van der Waals surface area contributed by atoms with Crippen molar-refractivity contribution in [2.45, 2.75) is 0 Å². The third-order valence-corrected chi connectivity index (χ3v) is 3.50. The lowest BCUT2D eigenvalue weighted by molar-refractivity contribution is -0.605. The van der Waals surface area contributed by atoms with Gasteiger partial charge in [0.05, 0.1) is 11.1 Å². The Bertz CT molecular complexity index is 884. The van der Waals surface area contributed by atoms with Crippen LogP contribution in [0.1, 0.15) is 20.7 Å². The number of amides is 2. The second-order valence-corrected chi connectivity index (χ2v) is 5.03. The number of nitrogens with zero attached hydrogens (tertiary/aromatic N) is 2. The molecule has 0 saturated heterocycles. The molecule has 7 nitrogen and oxygen atoms in total. The molecular weight excluding hydrogens is 296 g/mol. The van der Waals surface area contributed by atoms with E-state index in [9.17, 15) is 14.8 Å². The number of benzene rings is 1. The molecule has 0 spiro atoms. The number of nitrogens with one attached hydrogen (secondary N) is 2. The average molecular weight is 310 g/mol. The first-order chi connectivity index (χ1) is 11.1. The summed E-state index contributed by atoms with van der Waals surface area (Å²) in [7, 11) is 1.85. The number of aromatic nitrogens is 2. The fraction of sp³-hybridized carbons (Fsp3) is 0.0625. The monoisotopic (exact) mass is 310 g/mol. The van der Waals surface area contributed by atoms with Crippen LogP contribution in [0.15, 0.2) is 55.0 Å². The van der Waals surface area contributed by atoms with Gasteiger partial charge in [-0.3, -0.25) is 20.4 Å². The van der Waals surface area contributed by atoms with Crippen molar-refractivity contribution in [3.63, 3.8) is 0 Å². The third kappa shape index (κ3) is 2.84. The molecule has 0 saturated carbocycles. The molecular formula is C16H14N4O3. The van der Waals surface area contributed by atoms with Crippen LogP contribution in [0.5, 0.6) is 0 Å². The summed E-state index contributed by atoms with van der Waals surface area (Å²) in [6, 6.07) is 10.2. The minimum Gasteiger partial charge on any atom is -0.619 e. The van der Waals surface area contributed by atoms with Gasteiger partial charge in [-0.2, -0.15) is 4.73 Å². The number of pyridine rings is 1. The van der Waals surface area contributed by atoms with Crippen LogP contribution in [-0.4, -0.2) is 16.4 Å². The largest absolute Gasteiger partial charge is 0.619 e. The molecule has 0 aliphatic rings. The molecule has 0 unspecified atom stereocenters. The van der Waals surface area contributed by atoms with Crippen LogP contribution >= 0.6 is 0 Å². The van der Waals surface area contributed by atoms with E-state index in [2.05, 4.69) is 10.9 Å². The van der Waals surface area contributed by atoms with Crippen molar-refractivity contribution in [3.05, 3.63) is 71.3 Å². The topological polar surface area (TPSA) is 90.1 Å². The van der Waals surface area contributed by atoms with E-state index in [1.807, 2.05) is 35.9 Å². The van der Waals surface area contributed by atoms with Crippen molar-refractivity contribution in [3.8, 4) is 0 Å². The van der Waals surface area contributed by atoms with Crippen LogP contribution in [0.4, 0.5) is 0 Å². The number of hydrogen-bond donors (Lipinski definition) is 2. The highest BCUT2D eigenvalue weighted by molar-refractivity contribution is 6.07. The van der Waals surface area contributed by atoms with E-state index >= 15 is 0 Å². The first kappa shape index (κ1) is 14.6. The molecule has 0 aliphatic carbocycles. The zero-order chi connectivity index (χ0) is 16.4. The second-order valence-electron chi connectivity index (χ2n) is 5.03. The minimum absolute atomic E-state index is 0.273. The highest BCUT2D eigenvalue weighted by atomic mass is 16.5. The smallest absolute Gasteiger partial charge is 0.271 e. The van der Waals surface area contributed by atoms with Gasteiger partial charge in [0.2, 0.25) is 0 Å². The molecule has 23 heavy (non-hydrogen) atoms. The molecule has 116 valence electrons. The maximum Gasteiger partial charge on any atom is 0.271 e. The fourth-order valence-electron chi connectivity index (χ4n) is 2.34. The van der Waals surface area contributed by atoms with Crippen LogP contribution in [0, 0.1) is 5.21 Å². The average Bonchev–Trinajstić information content (AvgIpc) is 2.90. The Morgan fingerprint density at radius 3 is 2.43 bits per heavy atom. The van der Waals surface area contributed by atoms with Crippen molar-refractivity contribution in [1.29, 1.82) is 0 Å². The van der Waals surface area contributed by atoms with E-state index in [0.29, 0.717) is 10.3 Å². The van der Waals surface area contributed by atoms with Crippen LogP contribution in [0.25, 0.3) is 10.9 Å². The van der Waals surface area contributed by atoms with E-state index in [-0.39, 0.29) is 5.56 Å². The number of hydrazine groups is 1. The first-order valence-electron chi connectivity index (χ1n) is 6.90. The Hall–Kier alpha value is -3.35. The van der Waals surface area contributed by atoms with E-state index in [4.69, 9.17) is 0 Å². The molecule has 3 aromatic rings. The van der Waals surface area contributed by atoms with Crippen molar-refractivity contribution in [1.82, 2.24) is 15.4 Å². The number of carbonyl (C=O) groups excluding carboxylic acids is 2. The Kier molecular flexibility index (Phi) is 3.68.